The van der Waals surface area contributed by atoms with Gasteiger partial charge in [-0.05, 0) is 36.1 Å². The molecule has 0 amide bonds. The summed E-state index contributed by atoms with van der Waals surface area (Å²) in [6.45, 7) is 0. The van der Waals surface area contributed by atoms with Gasteiger partial charge in [0.05, 0.1) is 11.6 Å². The molecule has 2 aromatic heterocycles. The van der Waals surface area contributed by atoms with Crippen LogP contribution in [0.2, 0.25) is 0 Å². The van der Waals surface area contributed by atoms with Gasteiger partial charge in [-0.25, -0.2) is 0 Å². The molecule has 0 radical (unpaired) electrons. The highest BCUT2D eigenvalue weighted by Gasteiger charge is 2.29. The van der Waals surface area contributed by atoms with Crippen molar-refractivity contribution in [3.8, 4) is 0 Å². The van der Waals surface area contributed by atoms with E-state index in [4.69, 9.17) is 0 Å². The third-order valence-corrected chi connectivity index (χ3v) is 3.45. The number of ketones is 1. The average molecular weight is 238 g/mol. The van der Waals surface area contributed by atoms with E-state index in [1.165, 1.54) is 5.56 Å². The number of carbonyl (C=O) groups excluding carboxylic acids is 1. The predicted octanol–water partition coefficient (Wildman–Crippen LogP) is 2.32. The Morgan fingerprint density at radius 2 is 2.17 bits per heavy atom. The molecule has 3 heteroatoms. The number of aromatic nitrogens is 2. The van der Waals surface area contributed by atoms with E-state index in [1.54, 1.807) is 18.6 Å². The smallest absolute Gasteiger partial charge is 0.146 e. The van der Waals surface area contributed by atoms with Crippen LogP contribution >= 0.6 is 0 Å². The van der Waals surface area contributed by atoms with Crippen LogP contribution < -0.4 is 0 Å². The molecule has 0 aliphatic heterocycles. The Labute approximate surface area is 106 Å². The number of aryl methyl sites for hydroxylation is 1. The van der Waals surface area contributed by atoms with Gasteiger partial charge < -0.3 is 0 Å². The molecular weight excluding hydrogens is 224 g/mol. The van der Waals surface area contributed by atoms with Gasteiger partial charge in [0.1, 0.15) is 5.78 Å². The molecule has 18 heavy (non-hydrogen) atoms. The number of Topliss-reactive ketones (excluding diaryl/α,β-unsaturated/α-hetero) is 1. The summed E-state index contributed by atoms with van der Waals surface area (Å²) >= 11 is 0. The van der Waals surface area contributed by atoms with E-state index in [0.29, 0.717) is 6.42 Å². The molecule has 1 aliphatic carbocycles. The van der Waals surface area contributed by atoms with Crippen molar-refractivity contribution in [2.45, 2.75) is 25.2 Å². The number of hydrogen-bond acceptors (Lipinski definition) is 3. The minimum absolute atomic E-state index is 0.0265. The topological polar surface area (TPSA) is 42.9 Å². The van der Waals surface area contributed by atoms with Gasteiger partial charge in [0.15, 0.2) is 0 Å². The minimum atomic E-state index is -0.0265. The van der Waals surface area contributed by atoms with Crippen molar-refractivity contribution in [2.24, 2.45) is 0 Å². The zero-order valence-corrected chi connectivity index (χ0v) is 10.0. The molecule has 0 saturated heterocycles. The Morgan fingerprint density at radius 3 is 3.00 bits per heavy atom. The molecule has 2 heterocycles. The molecule has 0 bridgehead atoms. The van der Waals surface area contributed by atoms with Crippen molar-refractivity contribution < 1.29 is 4.79 Å². The second-order valence-electron chi connectivity index (χ2n) is 4.64. The van der Waals surface area contributed by atoms with Crippen molar-refractivity contribution in [2.75, 3.05) is 0 Å². The number of pyridine rings is 2. The highest BCUT2D eigenvalue weighted by atomic mass is 16.1. The standard InChI is InChI=1S/C15H14N2O/c18-14(9-11-3-1-7-16-10-11)13-6-5-12-4-2-8-17-15(12)13/h1-4,7-8,10,13H,5-6,9H2. The van der Waals surface area contributed by atoms with Gasteiger partial charge in [-0.2, -0.15) is 0 Å². The second kappa shape index (κ2) is 4.69. The Hall–Kier alpha value is -2.03. The number of nitrogens with zero attached hydrogens (tertiary/aromatic N) is 2. The summed E-state index contributed by atoms with van der Waals surface area (Å²) in [6.07, 6.45) is 7.56. The highest BCUT2D eigenvalue weighted by Crippen LogP contribution is 2.32. The summed E-state index contributed by atoms with van der Waals surface area (Å²) in [5.41, 5.74) is 3.18. The lowest BCUT2D eigenvalue weighted by Gasteiger charge is -2.09. The summed E-state index contributed by atoms with van der Waals surface area (Å²) in [6, 6.07) is 7.81. The van der Waals surface area contributed by atoms with Crippen LogP contribution in [0.4, 0.5) is 0 Å². The van der Waals surface area contributed by atoms with Crippen LogP contribution in [0.15, 0.2) is 42.9 Å². The molecule has 2 aromatic rings. The highest BCUT2D eigenvalue weighted by molar-refractivity contribution is 5.88. The maximum absolute atomic E-state index is 12.3. The van der Waals surface area contributed by atoms with Crippen molar-refractivity contribution in [1.29, 1.82) is 0 Å². The SMILES string of the molecule is O=C(Cc1cccnc1)C1CCc2cccnc21. The lowest BCUT2D eigenvalue weighted by atomic mass is 9.96. The van der Waals surface area contributed by atoms with Gasteiger partial charge in [-0.15, -0.1) is 0 Å². The monoisotopic (exact) mass is 238 g/mol. The fraction of sp³-hybridized carbons (Fsp3) is 0.267. The zero-order chi connectivity index (χ0) is 12.4. The van der Waals surface area contributed by atoms with E-state index in [-0.39, 0.29) is 11.7 Å². The molecule has 1 aliphatic rings. The van der Waals surface area contributed by atoms with Crippen LogP contribution in [0, 0.1) is 0 Å². The average Bonchev–Trinajstić information content (AvgIpc) is 2.84. The molecule has 0 N–H and O–H groups in total. The van der Waals surface area contributed by atoms with Crippen LogP contribution in [0.5, 0.6) is 0 Å². The molecule has 0 saturated carbocycles. The Morgan fingerprint density at radius 1 is 1.28 bits per heavy atom. The van der Waals surface area contributed by atoms with E-state index in [9.17, 15) is 4.79 Å². The van der Waals surface area contributed by atoms with Gasteiger partial charge in [-0.1, -0.05) is 12.1 Å². The van der Waals surface area contributed by atoms with Crippen LogP contribution in [0.3, 0.4) is 0 Å². The van der Waals surface area contributed by atoms with Crippen molar-refractivity contribution >= 4 is 5.78 Å². The quantitative estimate of drug-likeness (QED) is 0.824. The number of hydrogen-bond donors (Lipinski definition) is 0. The van der Waals surface area contributed by atoms with Crippen molar-refractivity contribution in [3.63, 3.8) is 0 Å². The normalized spacial score (nSPS) is 17.4. The maximum Gasteiger partial charge on any atom is 0.146 e. The van der Waals surface area contributed by atoms with Crippen LogP contribution in [-0.4, -0.2) is 15.8 Å². The Kier molecular flexibility index (Phi) is 2.89. The van der Waals surface area contributed by atoms with Crippen LogP contribution in [0.25, 0.3) is 0 Å². The van der Waals surface area contributed by atoms with Crippen LogP contribution in [0.1, 0.15) is 29.2 Å². The lowest BCUT2D eigenvalue weighted by molar-refractivity contribution is -0.119. The Bertz CT molecular complexity index is 566. The summed E-state index contributed by atoms with van der Waals surface area (Å²) in [4.78, 5) is 20.7. The molecule has 3 nitrogen and oxygen atoms in total. The molecule has 1 unspecified atom stereocenters. The van der Waals surface area contributed by atoms with Gasteiger partial charge in [0, 0.05) is 25.0 Å². The third-order valence-electron chi connectivity index (χ3n) is 3.45. The first kappa shape index (κ1) is 11.1. The summed E-state index contributed by atoms with van der Waals surface area (Å²) in [7, 11) is 0. The molecule has 0 spiro atoms. The third kappa shape index (κ3) is 2.04. The molecular formula is C15H14N2O. The summed E-state index contributed by atoms with van der Waals surface area (Å²) in [5, 5.41) is 0. The fourth-order valence-electron chi connectivity index (χ4n) is 2.55. The van der Waals surface area contributed by atoms with Gasteiger partial charge in [0.25, 0.3) is 0 Å². The number of fused-ring (bicyclic) bond motifs is 1. The largest absolute Gasteiger partial charge is 0.299 e. The predicted molar refractivity (Wildman–Crippen MR) is 68.2 cm³/mol. The number of rotatable bonds is 3. The van der Waals surface area contributed by atoms with E-state index >= 15 is 0 Å². The molecule has 0 aromatic carbocycles. The molecule has 1 atom stereocenters. The minimum Gasteiger partial charge on any atom is -0.299 e. The van der Waals surface area contributed by atoms with Crippen molar-refractivity contribution in [1.82, 2.24) is 9.97 Å². The van der Waals surface area contributed by atoms with E-state index in [1.807, 2.05) is 18.2 Å². The van der Waals surface area contributed by atoms with E-state index in [2.05, 4.69) is 16.0 Å². The Balaban J connectivity index is 1.79. The first-order chi connectivity index (χ1) is 8.84. The second-order valence-corrected chi connectivity index (χ2v) is 4.64. The van der Waals surface area contributed by atoms with Crippen molar-refractivity contribution in [3.05, 3.63) is 59.7 Å². The molecule has 0 fully saturated rings. The summed E-state index contributed by atoms with van der Waals surface area (Å²) < 4.78 is 0. The van der Waals surface area contributed by atoms with E-state index in [0.717, 1.165) is 24.1 Å². The summed E-state index contributed by atoms with van der Waals surface area (Å²) in [5.74, 6) is 0.224. The molecule has 90 valence electrons. The van der Waals surface area contributed by atoms with Gasteiger partial charge in [0.2, 0.25) is 0 Å². The van der Waals surface area contributed by atoms with E-state index < -0.39 is 0 Å². The van der Waals surface area contributed by atoms with Gasteiger partial charge >= 0.3 is 0 Å². The first-order valence-electron chi connectivity index (χ1n) is 6.20. The first-order valence-corrected chi connectivity index (χ1v) is 6.20. The number of carbonyl (C=O) groups is 1. The lowest BCUT2D eigenvalue weighted by Crippen LogP contribution is -2.13. The molecule has 3 rings (SSSR count). The zero-order valence-electron chi connectivity index (χ0n) is 10.0. The van der Waals surface area contributed by atoms with Gasteiger partial charge in [-0.3, -0.25) is 14.8 Å². The maximum atomic E-state index is 12.3. The fourth-order valence-corrected chi connectivity index (χ4v) is 2.55. The van der Waals surface area contributed by atoms with Crippen LogP contribution in [-0.2, 0) is 17.6 Å².